The van der Waals surface area contributed by atoms with Crippen LogP contribution in [0.5, 0.6) is 0 Å². The lowest BCUT2D eigenvalue weighted by Gasteiger charge is -2.30. The van der Waals surface area contributed by atoms with E-state index in [2.05, 4.69) is 10.3 Å². The summed E-state index contributed by atoms with van der Waals surface area (Å²) in [6.45, 7) is 0.885. The van der Waals surface area contributed by atoms with E-state index < -0.39 is 0 Å². The van der Waals surface area contributed by atoms with E-state index in [4.69, 9.17) is 11.6 Å². The van der Waals surface area contributed by atoms with Crippen LogP contribution in [0.3, 0.4) is 0 Å². The molecule has 1 N–H and O–H groups in total. The molecule has 0 saturated carbocycles. The largest absolute Gasteiger partial charge is 0.355 e. The van der Waals surface area contributed by atoms with Gasteiger partial charge >= 0.3 is 0 Å². The molecule has 0 fully saturated rings. The second-order valence-electron chi connectivity index (χ2n) is 4.39. The molecule has 3 rings (SSSR count). The molecule has 2 heterocycles. The highest BCUT2D eigenvalue weighted by Crippen LogP contribution is 2.29. The van der Waals surface area contributed by atoms with Crippen molar-refractivity contribution >= 4 is 28.9 Å². The zero-order chi connectivity index (χ0) is 13.2. The lowest BCUT2D eigenvalue weighted by molar-refractivity contribution is -0.115. The predicted octanol–water partition coefficient (Wildman–Crippen LogP) is 2.69. The van der Waals surface area contributed by atoms with Crippen molar-refractivity contribution in [3.8, 4) is 0 Å². The second kappa shape index (κ2) is 4.90. The number of benzene rings is 1. The summed E-state index contributed by atoms with van der Waals surface area (Å²) in [7, 11) is 0. The van der Waals surface area contributed by atoms with Crippen molar-refractivity contribution in [3.63, 3.8) is 0 Å². The molecule has 1 amide bonds. The van der Waals surface area contributed by atoms with Gasteiger partial charge in [0.2, 0.25) is 5.91 Å². The molecule has 1 aliphatic rings. The number of nitrogens with one attached hydrogen (secondary N) is 1. The second-order valence-corrected chi connectivity index (χ2v) is 4.82. The number of hydrogen-bond donors (Lipinski definition) is 1. The third-order valence-corrected chi connectivity index (χ3v) is 3.22. The minimum Gasteiger partial charge on any atom is -0.355 e. The zero-order valence-corrected chi connectivity index (χ0v) is 10.9. The first-order chi connectivity index (χ1) is 9.22. The van der Waals surface area contributed by atoms with Gasteiger partial charge in [0.1, 0.15) is 0 Å². The number of carbonyl (C=O) groups is 1. The highest BCUT2D eigenvalue weighted by atomic mass is 35.5. The molecule has 19 heavy (non-hydrogen) atoms. The summed E-state index contributed by atoms with van der Waals surface area (Å²) < 4.78 is 0. The van der Waals surface area contributed by atoms with Crippen LogP contribution in [0, 0.1) is 0 Å². The van der Waals surface area contributed by atoms with Gasteiger partial charge in [-0.3, -0.25) is 9.78 Å². The van der Waals surface area contributed by atoms with Gasteiger partial charge in [-0.1, -0.05) is 23.7 Å². The maximum Gasteiger partial charge on any atom is 0.243 e. The number of amides is 1. The van der Waals surface area contributed by atoms with Crippen LogP contribution in [0.1, 0.15) is 5.69 Å². The zero-order valence-electron chi connectivity index (χ0n) is 10.1. The Kier molecular flexibility index (Phi) is 3.09. The van der Waals surface area contributed by atoms with Crippen LogP contribution < -0.4 is 10.2 Å². The van der Waals surface area contributed by atoms with Crippen molar-refractivity contribution in [2.45, 2.75) is 6.54 Å². The first-order valence-corrected chi connectivity index (χ1v) is 6.34. The summed E-state index contributed by atoms with van der Waals surface area (Å²) in [6.07, 6.45) is 1.67. The average molecular weight is 274 g/mol. The quantitative estimate of drug-likeness (QED) is 0.915. The van der Waals surface area contributed by atoms with Crippen molar-refractivity contribution in [2.24, 2.45) is 0 Å². The van der Waals surface area contributed by atoms with Crippen molar-refractivity contribution in [1.82, 2.24) is 4.98 Å². The van der Waals surface area contributed by atoms with Gasteiger partial charge in [0.05, 0.1) is 30.2 Å². The lowest BCUT2D eigenvalue weighted by atomic mass is 10.2. The Morgan fingerprint density at radius 2 is 2.16 bits per heavy atom. The Hall–Kier alpha value is -2.07. The summed E-state index contributed by atoms with van der Waals surface area (Å²) >= 11 is 5.95. The Bertz CT molecular complexity index is 630. The molecule has 0 atom stereocenters. The molecule has 0 saturated heterocycles. The standard InChI is InChI=1S/C14H12ClN3O/c15-10-5-6-16-11(7-10)8-18-9-14(19)17-12-3-1-2-4-13(12)18/h1-7H,8-9H2,(H,17,19). The number of carbonyl (C=O) groups excluding carboxylic acids is 1. The van der Waals surface area contributed by atoms with Gasteiger partial charge in [0.25, 0.3) is 0 Å². The highest BCUT2D eigenvalue weighted by molar-refractivity contribution is 6.30. The molecule has 5 heteroatoms. The number of nitrogens with zero attached hydrogens (tertiary/aromatic N) is 2. The van der Waals surface area contributed by atoms with Gasteiger partial charge in [0, 0.05) is 11.2 Å². The first kappa shape index (κ1) is 12.0. The van der Waals surface area contributed by atoms with Gasteiger partial charge < -0.3 is 10.2 Å². The average Bonchev–Trinajstić information content (AvgIpc) is 2.38. The van der Waals surface area contributed by atoms with E-state index in [9.17, 15) is 4.79 Å². The SMILES string of the molecule is O=C1CN(Cc2cc(Cl)ccn2)c2ccccc2N1. The van der Waals surface area contributed by atoms with Crippen molar-refractivity contribution in [1.29, 1.82) is 0 Å². The molecule has 4 nitrogen and oxygen atoms in total. The maximum atomic E-state index is 11.7. The number of halogens is 1. The summed E-state index contributed by atoms with van der Waals surface area (Å²) in [5.74, 6) is -0.0132. The van der Waals surface area contributed by atoms with Gasteiger partial charge in [-0.05, 0) is 24.3 Å². The van der Waals surface area contributed by atoms with Crippen molar-refractivity contribution < 1.29 is 4.79 Å². The van der Waals surface area contributed by atoms with Crippen LogP contribution >= 0.6 is 11.6 Å². The summed E-state index contributed by atoms with van der Waals surface area (Å²) in [4.78, 5) is 18.0. The van der Waals surface area contributed by atoms with E-state index in [0.29, 0.717) is 18.1 Å². The van der Waals surface area contributed by atoms with E-state index in [1.54, 1.807) is 12.3 Å². The molecular formula is C14H12ClN3O. The molecular weight excluding hydrogens is 262 g/mol. The fraction of sp³-hybridized carbons (Fsp3) is 0.143. The molecule has 2 aromatic rings. The van der Waals surface area contributed by atoms with Gasteiger partial charge in [-0.2, -0.15) is 0 Å². The van der Waals surface area contributed by atoms with Crippen LogP contribution in [-0.2, 0) is 11.3 Å². The fourth-order valence-corrected chi connectivity index (χ4v) is 2.36. The van der Waals surface area contributed by atoms with Crippen LogP contribution in [0.25, 0.3) is 0 Å². The Labute approximate surface area is 116 Å². The molecule has 0 unspecified atom stereocenters. The van der Waals surface area contributed by atoms with Crippen molar-refractivity contribution in [2.75, 3.05) is 16.8 Å². The summed E-state index contributed by atoms with van der Waals surface area (Å²) in [5, 5.41) is 3.51. The normalized spacial score (nSPS) is 13.9. The Morgan fingerprint density at radius 3 is 3.00 bits per heavy atom. The molecule has 0 bridgehead atoms. The Morgan fingerprint density at radius 1 is 1.32 bits per heavy atom. The van der Waals surface area contributed by atoms with E-state index >= 15 is 0 Å². The molecule has 1 aromatic heterocycles. The molecule has 1 aromatic carbocycles. The minimum absolute atomic E-state index is 0.0132. The fourth-order valence-electron chi connectivity index (χ4n) is 2.18. The van der Waals surface area contributed by atoms with E-state index in [1.165, 1.54) is 0 Å². The van der Waals surface area contributed by atoms with Crippen LogP contribution in [-0.4, -0.2) is 17.4 Å². The number of para-hydroxylation sites is 2. The smallest absolute Gasteiger partial charge is 0.243 e. The lowest BCUT2D eigenvalue weighted by Crippen LogP contribution is -2.37. The molecule has 0 spiro atoms. The third kappa shape index (κ3) is 2.53. The molecule has 0 radical (unpaired) electrons. The topological polar surface area (TPSA) is 45.2 Å². The molecule has 1 aliphatic heterocycles. The number of aromatic nitrogens is 1. The van der Waals surface area contributed by atoms with Crippen molar-refractivity contribution in [3.05, 3.63) is 53.3 Å². The van der Waals surface area contributed by atoms with Crippen LogP contribution in [0.15, 0.2) is 42.6 Å². The van der Waals surface area contributed by atoms with E-state index in [0.717, 1.165) is 17.1 Å². The van der Waals surface area contributed by atoms with Gasteiger partial charge in [0.15, 0.2) is 0 Å². The number of rotatable bonds is 2. The number of hydrogen-bond acceptors (Lipinski definition) is 3. The predicted molar refractivity (Wildman–Crippen MR) is 75.4 cm³/mol. The summed E-state index contributed by atoms with van der Waals surface area (Å²) in [5.41, 5.74) is 2.68. The Balaban J connectivity index is 1.91. The maximum absolute atomic E-state index is 11.7. The minimum atomic E-state index is -0.0132. The number of pyridine rings is 1. The molecule has 0 aliphatic carbocycles. The highest BCUT2D eigenvalue weighted by Gasteiger charge is 2.21. The monoisotopic (exact) mass is 273 g/mol. The molecule has 96 valence electrons. The van der Waals surface area contributed by atoms with Gasteiger partial charge in [-0.25, -0.2) is 0 Å². The first-order valence-electron chi connectivity index (χ1n) is 5.96. The van der Waals surface area contributed by atoms with E-state index in [-0.39, 0.29) is 5.91 Å². The van der Waals surface area contributed by atoms with Crippen LogP contribution in [0.2, 0.25) is 5.02 Å². The summed E-state index contributed by atoms with van der Waals surface area (Å²) in [6, 6.07) is 11.3. The number of anilines is 2. The van der Waals surface area contributed by atoms with Gasteiger partial charge in [-0.15, -0.1) is 0 Å². The number of fused-ring (bicyclic) bond motifs is 1. The van der Waals surface area contributed by atoms with Crippen LogP contribution in [0.4, 0.5) is 11.4 Å². The van der Waals surface area contributed by atoms with E-state index in [1.807, 2.05) is 35.2 Å². The third-order valence-electron chi connectivity index (χ3n) is 2.98.